The molecule has 1 aromatic heterocycles. The smallest absolute Gasteiger partial charge is 0.171 e. The maximum absolute atomic E-state index is 10.8. The number of carbonyl (C=O) groups is 1. The topological polar surface area (TPSA) is 67.2 Å². The van der Waals surface area contributed by atoms with Crippen LogP contribution in [-0.2, 0) is 24.2 Å². The average molecular weight is 342 g/mol. The molecular weight excluding hydrogens is 327 g/mol. The molecule has 0 aliphatic rings. The molecule has 5 nitrogen and oxygen atoms in total. The predicted molar refractivity (Wildman–Crippen MR) is 82.5 cm³/mol. The van der Waals surface area contributed by atoms with Gasteiger partial charge in [-0.05, 0) is 31.0 Å². The van der Waals surface area contributed by atoms with E-state index in [1.165, 1.54) is 4.68 Å². The molecule has 0 radical (unpaired) electrons. The maximum atomic E-state index is 10.8. The molecule has 2 rings (SSSR count). The Morgan fingerprint density at radius 1 is 1.23 bits per heavy atom. The number of hydrogen-bond acceptors (Lipinski definition) is 4. The zero-order chi connectivity index (χ0) is 16.3. The lowest BCUT2D eigenvalue weighted by Gasteiger charge is -2.10. The predicted octanol–water partition coefficient (Wildman–Crippen LogP) is 2.86. The second-order valence-electron chi connectivity index (χ2n) is 4.67. The fraction of sp³-hybridized carbons (Fsp3) is 0.333. The van der Waals surface area contributed by atoms with Crippen LogP contribution in [0.4, 0.5) is 0 Å². The van der Waals surface area contributed by atoms with Gasteiger partial charge in [-0.25, -0.2) is 0 Å². The van der Waals surface area contributed by atoms with Gasteiger partial charge < -0.3 is 14.6 Å². The van der Waals surface area contributed by atoms with Crippen molar-refractivity contribution < 1.29 is 14.6 Å². The van der Waals surface area contributed by atoms with E-state index < -0.39 is 5.97 Å². The summed E-state index contributed by atoms with van der Waals surface area (Å²) in [6.45, 7) is 3.51. The molecule has 2 aromatic rings. The summed E-state index contributed by atoms with van der Waals surface area (Å²) in [5.74, 6) is -0.170. The number of carboxylic acid groups (broad SMARTS) is 1. The molecule has 118 valence electrons. The lowest BCUT2D eigenvalue weighted by atomic mass is 10.2. The zero-order valence-corrected chi connectivity index (χ0v) is 13.7. The summed E-state index contributed by atoms with van der Waals surface area (Å²) in [5.41, 5.74) is 1.37. The number of aryl methyl sites for hydroxylation is 1. The average Bonchev–Trinajstić information content (AvgIpc) is 2.73. The Morgan fingerprint density at radius 2 is 1.86 bits per heavy atom. The van der Waals surface area contributed by atoms with Crippen LogP contribution in [0.3, 0.4) is 0 Å². The van der Waals surface area contributed by atoms with Crippen LogP contribution in [0.5, 0.6) is 11.5 Å². The molecular formula is C15H15Cl2N2O3-. The largest absolute Gasteiger partial charge is 0.548 e. The van der Waals surface area contributed by atoms with Crippen LogP contribution < -0.4 is 9.84 Å². The first-order valence-corrected chi connectivity index (χ1v) is 7.62. The molecule has 0 aliphatic carbocycles. The number of rotatable bonds is 6. The molecule has 0 saturated heterocycles. The summed E-state index contributed by atoms with van der Waals surface area (Å²) in [5, 5.41) is 16.0. The van der Waals surface area contributed by atoms with Crippen LogP contribution in [0.25, 0.3) is 0 Å². The standard InChI is InChI=1S/C15H16Cl2N2O3/c1-3-12-15(13(4-2)19(18-12)8-14(20)21)22-11-6-9(16)5-10(17)7-11/h5-7H,3-4,8H2,1-2H3,(H,20,21)/p-1. The SMILES string of the molecule is CCc1nn(CC(=O)[O-])c(CC)c1Oc1cc(Cl)cc(Cl)c1. The molecule has 22 heavy (non-hydrogen) atoms. The Hall–Kier alpha value is -1.72. The zero-order valence-electron chi connectivity index (χ0n) is 12.2. The van der Waals surface area contributed by atoms with Crippen LogP contribution in [0, 0.1) is 0 Å². The lowest BCUT2D eigenvalue weighted by Crippen LogP contribution is -2.28. The van der Waals surface area contributed by atoms with Crippen molar-refractivity contribution in [2.45, 2.75) is 33.2 Å². The van der Waals surface area contributed by atoms with Crippen molar-refractivity contribution in [3.63, 3.8) is 0 Å². The number of carbonyl (C=O) groups excluding carboxylic acids is 1. The van der Waals surface area contributed by atoms with Gasteiger partial charge in [-0.2, -0.15) is 5.10 Å². The molecule has 0 bridgehead atoms. The summed E-state index contributed by atoms with van der Waals surface area (Å²) < 4.78 is 7.28. The molecule has 7 heteroatoms. The van der Waals surface area contributed by atoms with Crippen molar-refractivity contribution in [2.75, 3.05) is 0 Å². The Bertz CT molecular complexity index is 678. The quantitative estimate of drug-likeness (QED) is 0.810. The van der Waals surface area contributed by atoms with E-state index in [9.17, 15) is 9.90 Å². The normalized spacial score (nSPS) is 10.7. The van der Waals surface area contributed by atoms with E-state index in [2.05, 4.69) is 5.10 Å². The van der Waals surface area contributed by atoms with Crippen LogP contribution in [0.2, 0.25) is 10.0 Å². The van der Waals surface area contributed by atoms with Gasteiger partial charge in [0.2, 0.25) is 0 Å². The maximum Gasteiger partial charge on any atom is 0.171 e. The lowest BCUT2D eigenvalue weighted by molar-refractivity contribution is -0.306. The first-order valence-electron chi connectivity index (χ1n) is 6.86. The highest BCUT2D eigenvalue weighted by Crippen LogP contribution is 2.33. The van der Waals surface area contributed by atoms with Crippen LogP contribution in [-0.4, -0.2) is 15.7 Å². The summed E-state index contributed by atoms with van der Waals surface area (Å²) in [6, 6.07) is 4.89. The molecule has 1 aromatic carbocycles. The molecule has 0 fully saturated rings. The number of halogens is 2. The first-order chi connectivity index (χ1) is 10.4. The van der Waals surface area contributed by atoms with Crippen molar-refractivity contribution >= 4 is 29.2 Å². The molecule has 0 unspecified atom stereocenters. The van der Waals surface area contributed by atoms with Gasteiger partial charge in [0.15, 0.2) is 5.75 Å². The Balaban J connectivity index is 2.44. The highest BCUT2D eigenvalue weighted by Gasteiger charge is 2.18. The Morgan fingerprint density at radius 3 is 2.36 bits per heavy atom. The second kappa shape index (κ2) is 7.03. The monoisotopic (exact) mass is 341 g/mol. The number of aliphatic carboxylic acids is 1. The minimum absolute atomic E-state index is 0.310. The van der Waals surface area contributed by atoms with Crippen molar-refractivity contribution in [2.24, 2.45) is 0 Å². The van der Waals surface area contributed by atoms with E-state index in [4.69, 9.17) is 27.9 Å². The van der Waals surface area contributed by atoms with E-state index in [1.54, 1.807) is 18.2 Å². The highest BCUT2D eigenvalue weighted by atomic mass is 35.5. The van der Waals surface area contributed by atoms with Gasteiger partial charge in [-0.1, -0.05) is 37.0 Å². The van der Waals surface area contributed by atoms with Gasteiger partial charge in [0, 0.05) is 10.0 Å². The molecule has 0 amide bonds. The van der Waals surface area contributed by atoms with Crippen LogP contribution in [0.1, 0.15) is 25.2 Å². The molecule has 0 spiro atoms. The van der Waals surface area contributed by atoms with Gasteiger partial charge in [0.1, 0.15) is 11.4 Å². The highest BCUT2D eigenvalue weighted by molar-refractivity contribution is 6.34. The minimum Gasteiger partial charge on any atom is -0.548 e. The van der Waals surface area contributed by atoms with Crippen LogP contribution >= 0.6 is 23.2 Å². The van der Waals surface area contributed by atoms with E-state index in [0.717, 1.165) is 0 Å². The fourth-order valence-electron chi connectivity index (χ4n) is 2.19. The number of ether oxygens (including phenoxy) is 1. The van der Waals surface area contributed by atoms with Gasteiger partial charge >= 0.3 is 0 Å². The van der Waals surface area contributed by atoms with Crippen molar-refractivity contribution in [3.05, 3.63) is 39.6 Å². The number of hydrogen-bond donors (Lipinski definition) is 0. The van der Waals surface area contributed by atoms with Gasteiger partial charge in [-0.15, -0.1) is 0 Å². The number of aromatic nitrogens is 2. The molecule has 0 atom stereocenters. The van der Waals surface area contributed by atoms with Crippen molar-refractivity contribution in [1.29, 1.82) is 0 Å². The minimum atomic E-state index is -1.20. The van der Waals surface area contributed by atoms with Gasteiger partial charge in [0.05, 0.1) is 18.2 Å². The summed E-state index contributed by atoms with van der Waals surface area (Å²) in [6.07, 6.45) is 1.18. The summed E-state index contributed by atoms with van der Waals surface area (Å²) in [4.78, 5) is 10.8. The van der Waals surface area contributed by atoms with E-state index in [0.29, 0.717) is 45.8 Å². The van der Waals surface area contributed by atoms with Gasteiger partial charge in [0.25, 0.3) is 0 Å². The van der Waals surface area contributed by atoms with Crippen molar-refractivity contribution in [3.8, 4) is 11.5 Å². The van der Waals surface area contributed by atoms with Gasteiger partial charge in [-0.3, -0.25) is 4.68 Å². The molecule has 0 N–H and O–H groups in total. The third-order valence-corrected chi connectivity index (χ3v) is 3.52. The fourth-order valence-corrected chi connectivity index (χ4v) is 2.69. The first kappa shape index (κ1) is 16.6. The van der Waals surface area contributed by atoms with E-state index in [-0.39, 0.29) is 6.54 Å². The van der Waals surface area contributed by atoms with Crippen molar-refractivity contribution in [1.82, 2.24) is 9.78 Å². The Labute approximate surface area is 138 Å². The van der Waals surface area contributed by atoms with Crippen LogP contribution in [0.15, 0.2) is 18.2 Å². The number of carboxylic acids is 1. The van der Waals surface area contributed by atoms with E-state index in [1.807, 2.05) is 13.8 Å². The molecule has 0 aliphatic heterocycles. The number of benzene rings is 1. The third kappa shape index (κ3) is 3.72. The second-order valence-corrected chi connectivity index (χ2v) is 5.54. The molecule has 1 heterocycles. The summed E-state index contributed by atoms with van der Waals surface area (Å²) >= 11 is 11.9. The van der Waals surface area contributed by atoms with E-state index >= 15 is 0 Å². The third-order valence-electron chi connectivity index (χ3n) is 3.08. The summed E-state index contributed by atoms with van der Waals surface area (Å²) in [7, 11) is 0. The number of nitrogens with zero attached hydrogens (tertiary/aromatic N) is 2. The molecule has 0 saturated carbocycles. The Kier molecular flexibility index (Phi) is 5.32.